The number of benzene rings is 2. The van der Waals surface area contributed by atoms with Gasteiger partial charge in [-0.2, -0.15) is 0 Å². The summed E-state index contributed by atoms with van der Waals surface area (Å²) in [7, 11) is 3.31. The SMILES string of the molecule is COc1ccc(OC)c(CNCc2ccc(-c3ccccc3F)s2)c1. The normalized spacial score (nSPS) is 10.7. The second-order valence-corrected chi connectivity index (χ2v) is 6.70. The summed E-state index contributed by atoms with van der Waals surface area (Å²) in [4.78, 5) is 2.09. The molecule has 0 unspecified atom stereocenters. The Bertz CT molecular complexity index is 847. The highest BCUT2D eigenvalue weighted by atomic mass is 32.1. The molecule has 3 nitrogen and oxygen atoms in total. The molecular formula is C20H20FNO2S. The topological polar surface area (TPSA) is 30.5 Å². The van der Waals surface area contributed by atoms with Crippen LogP contribution >= 0.6 is 11.3 Å². The minimum Gasteiger partial charge on any atom is -0.497 e. The van der Waals surface area contributed by atoms with Crippen molar-refractivity contribution in [1.82, 2.24) is 5.32 Å². The maximum absolute atomic E-state index is 13.9. The molecule has 1 N–H and O–H groups in total. The van der Waals surface area contributed by atoms with Crippen LogP contribution in [-0.4, -0.2) is 14.2 Å². The largest absolute Gasteiger partial charge is 0.497 e. The Balaban J connectivity index is 1.65. The van der Waals surface area contributed by atoms with Crippen LogP contribution in [0.25, 0.3) is 10.4 Å². The molecule has 3 aromatic rings. The van der Waals surface area contributed by atoms with E-state index >= 15 is 0 Å². The van der Waals surface area contributed by atoms with Crippen molar-refractivity contribution in [2.45, 2.75) is 13.1 Å². The van der Waals surface area contributed by atoms with Gasteiger partial charge in [-0.1, -0.05) is 18.2 Å². The smallest absolute Gasteiger partial charge is 0.131 e. The summed E-state index contributed by atoms with van der Waals surface area (Å²) < 4.78 is 24.5. The van der Waals surface area contributed by atoms with Crippen LogP contribution in [0, 0.1) is 5.82 Å². The van der Waals surface area contributed by atoms with Crippen molar-refractivity contribution in [1.29, 1.82) is 0 Å². The van der Waals surface area contributed by atoms with Gasteiger partial charge in [0.25, 0.3) is 0 Å². The van der Waals surface area contributed by atoms with Crippen LogP contribution in [0.3, 0.4) is 0 Å². The second-order valence-electron chi connectivity index (χ2n) is 5.53. The minimum absolute atomic E-state index is 0.190. The van der Waals surface area contributed by atoms with Crippen LogP contribution in [0.1, 0.15) is 10.4 Å². The lowest BCUT2D eigenvalue weighted by Crippen LogP contribution is -2.12. The number of ether oxygens (including phenoxy) is 2. The van der Waals surface area contributed by atoms with Gasteiger partial charge in [0, 0.05) is 34.0 Å². The lowest BCUT2D eigenvalue weighted by atomic mass is 10.2. The van der Waals surface area contributed by atoms with E-state index in [1.807, 2.05) is 36.4 Å². The zero-order valence-electron chi connectivity index (χ0n) is 14.2. The summed E-state index contributed by atoms with van der Waals surface area (Å²) in [6.45, 7) is 1.37. The average Bonchev–Trinajstić information content (AvgIpc) is 3.10. The lowest BCUT2D eigenvalue weighted by Gasteiger charge is -2.11. The monoisotopic (exact) mass is 357 g/mol. The Morgan fingerprint density at radius 3 is 2.56 bits per heavy atom. The molecule has 0 bridgehead atoms. The van der Waals surface area contributed by atoms with E-state index in [2.05, 4.69) is 5.32 Å². The Morgan fingerprint density at radius 1 is 0.960 bits per heavy atom. The second kappa shape index (κ2) is 8.14. The summed E-state index contributed by atoms with van der Waals surface area (Å²) in [5, 5.41) is 3.40. The molecule has 1 heterocycles. The fourth-order valence-corrected chi connectivity index (χ4v) is 3.62. The van der Waals surface area contributed by atoms with Gasteiger partial charge in [0.05, 0.1) is 14.2 Å². The van der Waals surface area contributed by atoms with E-state index < -0.39 is 0 Å². The van der Waals surface area contributed by atoms with Crippen LogP contribution < -0.4 is 14.8 Å². The summed E-state index contributed by atoms with van der Waals surface area (Å²) in [6.07, 6.45) is 0. The Hall–Kier alpha value is -2.37. The van der Waals surface area contributed by atoms with Gasteiger partial charge in [0.15, 0.2) is 0 Å². The number of methoxy groups -OCH3 is 2. The summed E-state index contributed by atoms with van der Waals surface area (Å²) in [5.74, 6) is 1.44. The molecule has 0 fully saturated rings. The van der Waals surface area contributed by atoms with Gasteiger partial charge in [-0.05, 0) is 36.4 Å². The Labute approximate surface area is 151 Å². The molecule has 0 aliphatic rings. The van der Waals surface area contributed by atoms with E-state index in [0.717, 1.165) is 26.8 Å². The number of rotatable bonds is 7. The third-order valence-corrected chi connectivity index (χ3v) is 5.02. The van der Waals surface area contributed by atoms with Crippen molar-refractivity contribution in [2.24, 2.45) is 0 Å². The summed E-state index contributed by atoms with van der Waals surface area (Å²) >= 11 is 1.59. The van der Waals surface area contributed by atoms with Gasteiger partial charge in [-0.25, -0.2) is 4.39 Å². The quantitative estimate of drug-likeness (QED) is 0.655. The first-order valence-electron chi connectivity index (χ1n) is 7.96. The van der Waals surface area contributed by atoms with Crippen LogP contribution in [0.4, 0.5) is 4.39 Å². The van der Waals surface area contributed by atoms with Crippen molar-refractivity contribution >= 4 is 11.3 Å². The van der Waals surface area contributed by atoms with E-state index in [4.69, 9.17) is 9.47 Å². The molecule has 0 saturated heterocycles. The predicted octanol–water partition coefficient (Wildman–Crippen LogP) is 4.86. The molecule has 0 radical (unpaired) electrons. The van der Waals surface area contributed by atoms with Crippen LogP contribution in [0.5, 0.6) is 11.5 Å². The van der Waals surface area contributed by atoms with E-state index in [0.29, 0.717) is 18.7 Å². The zero-order valence-corrected chi connectivity index (χ0v) is 15.0. The van der Waals surface area contributed by atoms with Crippen LogP contribution in [0.2, 0.25) is 0 Å². The van der Waals surface area contributed by atoms with Crippen LogP contribution in [0.15, 0.2) is 54.6 Å². The number of hydrogen-bond acceptors (Lipinski definition) is 4. The first-order valence-corrected chi connectivity index (χ1v) is 8.78. The predicted molar refractivity (Wildman–Crippen MR) is 99.8 cm³/mol. The van der Waals surface area contributed by atoms with E-state index in [1.54, 1.807) is 37.7 Å². The number of hydrogen-bond donors (Lipinski definition) is 1. The molecule has 0 atom stereocenters. The van der Waals surface area contributed by atoms with Gasteiger partial charge < -0.3 is 14.8 Å². The first kappa shape index (κ1) is 17.5. The molecule has 130 valence electrons. The van der Waals surface area contributed by atoms with Crippen molar-refractivity contribution in [3.63, 3.8) is 0 Å². The highest BCUT2D eigenvalue weighted by Gasteiger charge is 2.08. The molecule has 5 heteroatoms. The molecule has 0 aliphatic heterocycles. The molecule has 0 amide bonds. The van der Waals surface area contributed by atoms with Gasteiger partial charge in [0.2, 0.25) is 0 Å². The van der Waals surface area contributed by atoms with Crippen molar-refractivity contribution in [3.8, 4) is 21.9 Å². The maximum Gasteiger partial charge on any atom is 0.131 e. The summed E-state index contributed by atoms with van der Waals surface area (Å²) in [6, 6.07) is 16.6. The Kier molecular flexibility index (Phi) is 5.68. The average molecular weight is 357 g/mol. The van der Waals surface area contributed by atoms with E-state index in [9.17, 15) is 4.39 Å². The zero-order chi connectivity index (χ0) is 17.6. The lowest BCUT2D eigenvalue weighted by molar-refractivity contribution is 0.397. The third-order valence-electron chi connectivity index (χ3n) is 3.90. The van der Waals surface area contributed by atoms with Crippen LogP contribution in [-0.2, 0) is 13.1 Å². The molecule has 2 aromatic carbocycles. The van der Waals surface area contributed by atoms with Crippen molar-refractivity contribution in [2.75, 3.05) is 14.2 Å². The molecular weight excluding hydrogens is 337 g/mol. The fourth-order valence-electron chi connectivity index (χ4n) is 2.62. The molecule has 0 aliphatic carbocycles. The number of thiophene rings is 1. The molecule has 0 saturated carbocycles. The van der Waals surface area contributed by atoms with Gasteiger partial charge in [-0.15, -0.1) is 11.3 Å². The third kappa shape index (κ3) is 4.18. The van der Waals surface area contributed by atoms with Crippen molar-refractivity contribution in [3.05, 3.63) is 70.9 Å². The molecule has 1 aromatic heterocycles. The van der Waals surface area contributed by atoms with E-state index in [-0.39, 0.29) is 5.82 Å². The maximum atomic E-state index is 13.9. The highest BCUT2D eigenvalue weighted by molar-refractivity contribution is 7.15. The van der Waals surface area contributed by atoms with Gasteiger partial charge in [0.1, 0.15) is 17.3 Å². The fraction of sp³-hybridized carbons (Fsp3) is 0.200. The van der Waals surface area contributed by atoms with Crippen molar-refractivity contribution < 1.29 is 13.9 Å². The highest BCUT2D eigenvalue weighted by Crippen LogP contribution is 2.30. The van der Waals surface area contributed by atoms with E-state index in [1.165, 1.54) is 6.07 Å². The first-order chi connectivity index (χ1) is 12.2. The van der Waals surface area contributed by atoms with Gasteiger partial charge >= 0.3 is 0 Å². The summed E-state index contributed by atoms with van der Waals surface area (Å²) in [5.41, 5.74) is 1.68. The Morgan fingerprint density at radius 2 is 1.80 bits per heavy atom. The minimum atomic E-state index is -0.190. The molecule has 25 heavy (non-hydrogen) atoms. The number of nitrogens with one attached hydrogen (secondary N) is 1. The standard InChI is InChI=1S/C20H20FNO2S/c1-23-15-7-9-19(24-2)14(11-15)12-22-13-16-8-10-20(25-16)17-5-3-4-6-18(17)21/h3-11,22H,12-13H2,1-2H3. The molecule has 0 spiro atoms. The molecule has 3 rings (SSSR count). The van der Waals surface area contributed by atoms with Gasteiger partial charge in [-0.3, -0.25) is 0 Å². The number of halogens is 1.